The van der Waals surface area contributed by atoms with Crippen LogP contribution in [0.2, 0.25) is 0 Å². The number of urea groups is 1. The first kappa shape index (κ1) is 37.0. The van der Waals surface area contributed by atoms with Gasteiger partial charge in [0.05, 0.1) is 13.2 Å². The van der Waals surface area contributed by atoms with Gasteiger partial charge in [0.15, 0.2) is 0 Å². The van der Waals surface area contributed by atoms with Crippen LogP contribution in [0.4, 0.5) is 16.3 Å². The average Bonchev–Trinajstić information content (AvgIpc) is 3.11. The van der Waals surface area contributed by atoms with E-state index < -0.39 is 11.4 Å². The highest BCUT2D eigenvalue weighted by Gasteiger charge is 2.17. The van der Waals surface area contributed by atoms with Crippen molar-refractivity contribution in [1.82, 2.24) is 19.8 Å². The summed E-state index contributed by atoms with van der Waals surface area (Å²) in [6, 6.07) is 21.7. The number of hydrogen-bond donors (Lipinski definition) is 6. The highest BCUT2D eigenvalue weighted by Crippen LogP contribution is 2.27. The number of amides is 2. The topological polar surface area (TPSA) is 164 Å². The van der Waals surface area contributed by atoms with E-state index in [1.54, 1.807) is 30.6 Å². The number of carbonyl (C=O) groups excluding carboxylic acids is 1. The maximum atomic E-state index is 13.0. The molecule has 0 spiro atoms. The molecule has 5 rings (SSSR count). The molecular weight excluding hydrogens is 663 g/mol. The Bertz CT molecular complexity index is 1930. The Hall–Kier alpha value is -5.24. The third-order valence-electron chi connectivity index (χ3n) is 7.94. The van der Waals surface area contributed by atoms with Crippen LogP contribution < -0.4 is 26.2 Å². The monoisotopic (exact) mass is 707 g/mol. The van der Waals surface area contributed by atoms with Crippen LogP contribution in [0.15, 0.2) is 107 Å². The van der Waals surface area contributed by atoms with E-state index in [2.05, 4.69) is 25.8 Å². The zero-order valence-corrected chi connectivity index (χ0v) is 30.2. The van der Waals surface area contributed by atoms with Gasteiger partial charge in [-0.25, -0.2) is 9.78 Å². The van der Waals surface area contributed by atoms with Crippen LogP contribution in [0.5, 0.6) is 5.75 Å². The lowest BCUT2D eigenvalue weighted by Gasteiger charge is -2.26. The molecule has 4 aromatic rings. The molecule has 0 saturated carbocycles. The Balaban J connectivity index is 1.20. The predicted octanol–water partition coefficient (Wildman–Crippen LogP) is 6.55. The summed E-state index contributed by atoms with van der Waals surface area (Å²) in [5, 5.41) is 34.6. The number of hydrogen-bond acceptors (Lipinski definition) is 10. The molecule has 1 aliphatic heterocycles. The molecule has 2 amide bonds. The fourth-order valence-corrected chi connectivity index (χ4v) is 5.70. The van der Waals surface area contributed by atoms with Crippen molar-refractivity contribution in [3.8, 4) is 5.75 Å². The first-order valence-electron chi connectivity index (χ1n) is 16.7. The van der Waals surface area contributed by atoms with E-state index in [4.69, 9.17) is 25.7 Å². The Labute approximate surface area is 302 Å². The summed E-state index contributed by atoms with van der Waals surface area (Å²) in [5.41, 5.74) is 2.65. The lowest BCUT2D eigenvalue weighted by atomic mass is 9.90. The number of nitrogens with zero attached hydrogens (tertiary/aromatic N) is 3. The number of nitrogens with one attached hydrogen (secondary N) is 6. The normalized spacial score (nSPS) is 13.7. The van der Waals surface area contributed by atoms with E-state index in [0.29, 0.717) is 35.3 Å². The molecular formula is C38H45N9O3S. The number of benzene rings is 2. The van der Waals surface area contributed by atoms with Crippen molar-refractivity contribution in [2.75, 3.05) is 50.1 Å². The van der Waals surface area contributed by atoms with E-state index in [1.165, 1.54) is 16.3 Å². The fourth-order valence-electron chi connectivity index (χ4n) is 4.89. The Morgan fingerprint density at radius 1 is 1.00 bits per heavy atom. The summed E-state index contributed by atoms with van der Waals surface area (Å²) in [6.07, 6.45) is 5.02. The molecule has 12 nitrogen and oxygen atoms in total. The van der Waals surface area contributed by atoms with Crippen molar-refractivity contribution >= 4 is 40.8 Å². The number of allylic oxidation sites excluding steroid dienone is 1. The third-order valence-corrected chi connectivity index (χ3v) is 8.89. The summed E-state index contributed by atoms with van der Waals surface area (Å²) in [7, 11) is 0. The summed E-state index contributed by atoms with van der Waals surface area (Å²) >= 11 is 1.43. The smallest absolute Gasteiger partial charge is 0.325 e. The Morgan fingerprint density at radius 3 is 2.45 bits per heavy atom. The van der Waals surface area contributed by atoms with E-state index >= 15 is 0 Å². The zero-order valence-electron chi connectivity index (χ0n) is 29.4. The molecule has 13 heteroatoms. The van der Waals surface area contributed by atoms with Gasteiger partial charge in [-0.2, -0.15) is 0 Å². The van der Waals surface area contributed by atoms with Gasteiger partial charge in [-0.1, -0.05) is 62.4 Å². The number of ether oxygens (including phenoxy) is 2. The quantitative estimate of drug-likeness (QED) is 0.0718. The van der Waals surface area contributed by atoms with Gasteiger partial charge in [-0.15, -0.1) is 0 Å². The predicted molar refractivity (Wildman–Crippen MR) is 202 cm³/mol. The first-order valence-corrected chi connectivity index (χ1v) is 17.5. The van der Waals surface area contributed by atoms with Gasteiger partial charge >= 0.3 is 6.03 Å². The van der Waals surface area contributed by atoms with Gasteiger partial charge in [0.2, 0.25) is 0 Å². The molecule has 2 aromatic heterocycles. The number of aromatic nitrogens is 2. The minimum absolute atomic E-state index is 0.160. The SMILES string of the molecule is Cc1ccc(N/C(=C\C(=N)C(C)(C)C)NC(=O)Nc2ccc(Sc3ccc(=N)n(C(=N)c4cccc(OCCN5CCOCC5)c4)c3)cn2)cc1. The van der Waals surface area contributed by atoms with E-state index in [9.17, 15) is 4.79 Å². The van der Waals surface area contributed by atoms with Gasteiger partial charge in [0.1, 0.15) is 35.3 Å². The molecule has 0 radical (unpaired) electrons. The van der Waals surface area contributed by atoms with Crippen molar-refractivity contribution in [1.29, 1.82) is 16.2 Å². The second-order valence-corrected chi connectivity index (χ2v) is 14.2. The van der Waals surface area contributed by atoms with Crippen LogP contribution >= 0.6 is 11.8 Å². The van der Waals surface area contributed by atoms with Gasteiger partial charge in [-0.05, 0) is 55.5 Å². The fraction of sp³-hybridized carbons (Fsp3) is 0.289. The molecule has 1 fully saturated rings. The molecule has 0 aliphatic carbocycles. The van der Waals surface area contributed by atoms with E-state index in [1.807, 2.05) is 88.4 Å². The molecule has 0 atom stereocenters. The molecule has 0 bridgehead atoms. The van der Waals surface area contributed by atoms with Crippen LogP contribution in [-0.4, -0.2) is 71.5 Å². The first-order chi connectivity index (χ1) is 24.4. The molecule has 6 N–H and O–H groups in total. The van der Waals surface area contributed by atoms with Crippen LogP contribution in [0.1, 0.15) is 31.9 Å². The van der Waals surface area contributed by atoms with E-state index in [0.717, 1.165) is 53.9 Å². The number of morpholine rings is 1. The number of aryl methyl sites for hydroxylation is 1. The summed E-state index contributed by atoms with van der Waals surface area (Å²) in [6.45, 7) is 12.4. The van der Waals surface area contributed by atoms with Crippen molar-refractivity contribution in [3.05, 3.63) is 114 Å². The lowest BCUT2D eigenvalue weighted by Crippen LogP contribution is -2.38. The second-order valence-electron chi connectivity index (χ2n) is 13.1. The molecule has 1 saturated heterocycles. The molecule has 266 valence electrons. The van der Waals surface area contributed by atoms with Crippen LogP contribution in [0.25, 0.3) is 0 Å². The maximum Gasteiger partial charge on any atom is 0.325 e. The summed E-state index contributed by atoms with van der Waals surface area (Å²) in [5.74, 6) is 1.55. The molecule has 1 aliphatic rings. The standard InChI is InChI=1S/C38H45N9O3S/c1-26-8-10-28(11-9-26)43-35(23-32(39)38(2,3)4)45-37(48)44-34-15-13-30(24-42-34)51-31-12-14-33(40)47(25-31)36(41)27-6-5-7-29(22-27)50-21-18-46-16-19-49-20-17-46/h5-15,22-25,39-41,43H,16-21H2,1-4H3,(H2,42,44,45,48)/b35-23+,39-32?,40-33?,41-36?. The molecule has 51 heavy (non-hydrogen) atoms. The summed E-state index contributed by atoms with van der Waals surface area (Å²) < 4.78 is 12.9. The van der Waals surface area contributed by atoms with Gasteiger partial charge in [-0.3, -0.25) is 30.9 Å². The summed E-state index contributed by atoms with van der Waals surface area (Å²) in [4.78, 5) is 21.3. The Kier molecular flexibility index (Phi) is 12.4. The van der Waals surface area contributed by atoms with Crippen molar-refractivity contribution < 1.29 is 14.3 Å². The van der Waals surface area contributed by atoms with Crippen molar-refractivity contribution in [2.45, 2.75) is 37.5 Å². The third kappa shape index (κ3) is 11.1. The maximum absolute atomic E-state index is 13.0. The van der Waals surface area contributed by atoms with Crippen LogP contribution in [0, 0.1) is 28.6 Å². The van der Waals surface area contributed by atoms with Crippen molar-refractivity contribution in [2.24, 2.45) is 5.41 Å². The minimum Gasteiger partial charge on any atom is -0.492 e. The zero-order chi connectivity index (χ0) is 36.4. The van der Waals surface area contributed by atoms with Gasteiger partial charge < -0.3 is 20.2 Å². The highest BCUT2D eigenvalue weighted by molar-refractivity contribution is 7.99. The number of rotatable bonds is 12. The average molecular weight is 708 g/mol. The van der Waals surface area contributed by atoms with Gasteiger partial charge in [0, 0.05) is 70.3 Å². The largest absolute Gasteiger partial charge is 0.492 e. The van der Waals surface area contributed by atoms with Crippen LogP contribution in [0.3, 0.4) is 0 Å². The van der Waals surface area contributed by atoms with Crippen molar-refractivity contribution in [3.63, 3.8) is 0 Å². The van der Waals surface area contributed by atoms with Gasteiger partial charge in [0.25, 0.3) is 0 Å². The number of carbonyl (C=O) groups is 1. The Morgan fingerprint density at radius 2 is 1.75 bits per heavy atom. The number of pyridine rings is 2. The molecule has 2 aromatic carbocycles. The molecule has 3 heterocycles. The molecule has 0 unspecified atom stereocenters. The second kappa shape index (κ2) is 17.1. The van der Waals surface area contributed by atoms with Crippen LogP contribution in [-0.2, 0) is 4.74 Å². The highest BCUT2D eigenvalue weighted by atomic mass is 32.2. The lowest BCUT2D eigenvalue weighted by molar-refractivity contribution is 0.0322. The number of anilines is 2. The minimum atomic E-state index is -0.507. The van der Waals surface area contributed by atoms with E-state index in [-0.39, 0.29) is 11.3 Å².